The van der Waals surface area contributed by atoms with Gasteiger partial charge in [-0.1, -0.05) is 12.1 Å². The minimum Gasteiger partial charge on any atom is -0.384 e. The van der Waals surface area contributed by atoms with Crippen LogP contribution in [-0.2, 0) is 17.9 Å². The summed E-state index contributed by atoms with van der Waals surface area (Å²) in [7, 11) is 0. The lowest BCUT2D eigenvalue weighted by Gasteiger charge is -2.27. The van der Waals surface area contributed by atoms with Gasteiger partial charge in [0, 0.05) is 23.5 Å². The van der Waals surface area contributed by atoms with Crippen LogP contribution in [0.1, 0.15) is 25.1 Å². The van der Waals surface area contributed by atoms with Crippen LogP contribution in [0.3, 0.4) is 0 Å². The number of anilines is 1. The average Bonchev–Trinajstić information content (AvgIpc) is 2.82. The van der Waals surface area contributed by atoms with E-state index in [1.807, 2.05) is 38.0 Å². The third-order valence-corrected chi connectivity index (χ3v) is 4.37. The smallest absolute Gasteiger partial charge is 0.244 e. The van der Waals surface area contributed by atoms with Crippen LogP contribution >= 0.6 is 11.8 Å². The van der Waals surface area contributed by atoms with E-state index in [4.69, 9.17) is 5.73 Å². The van der Waals surface area contributed by atoms with E-state index < -0.39 is 0 Å². The zero-order valence-corrected chi connectivity index (χ0v) is 14.9. The summed E-state index contributed by atoms with van der Waals surface area (Å²) in [5, 5.41) is 4.27. The fourth-order valence-corrected chi connectivity index (χ4v) is 2.92. The van der Waals surface area contributed by atoms with E-state index in [0.29, 0.717) is 12.4 Å². The minimum atomic E-state index is 0.0179. The number of hydrogen-bond acceptors (Lipinski definition) is 4. The molecule has 0 aliphatic rings. The van der Waals surface area contributed by atoms with Gasteiger partial charge in [0.1, 0.15) is 12.4 Å². The van der Waals surface area contributed by atoms with Crippen molar-refractivity contribution in [2.75, 3.05) is 12.0 Å². The first-order valence-electron chi connectivity index (χ1n) is 7.63. The molecule has 23 heavy (non-hydrogen) atoms. The lowest BCUT2D eigenvalue weighted by atomic mass is 10.2. The number of aromatic nitrogens is 2. The molecule has 6 heteroatoms. The molecule has 0 unspecified atom stereocenters. The molecule has 0 bridgehead atoms. The van der Waals surface area contributed by atoms with Crippen LogP contribution in [0, 0.1) is 6.92 Å². The maximum absolute atomic E-state index is 12.7. The van der Waals surface area contributed by atoms with Crippen molar-refractivity contribution in [1.29, 1.82) is 0 Å². The highest BCUT2D eigenvalue weighted by Crippen LogP contribution is 2.18. The Morgan fingerprint density at radius 3 is 2.70 bits per heavy atom. The zero-order chi connectivity index (χ0) is 17.0. The maximum Gasteiger partial charge on any atom is 0.244 e. The first kappa shape index (κ1) is 17.4. The second-order valence-corrected chi connectivity index (χ2v) is 6.71. The number of aryl methyl sites for hydroxylation is 1. The molecule has 0 aliphatic carbocycles. The van der Waals surface area contributed by atoms with Crippen molar-refractivity contribution in [3.63, 3.8) is 0 Å². The Kier molecular flexibility index (Phi) is 5.71. The van der Waals surface area contributed by atoms with Crippen molar-refractivity contribution in [3.05, 3.63) is 41.6 Å². The van der Waals surface area contributed by atoms with Crippen LogP contribution in [0.25, 0.3) is 0 Å². The lowest BCUT2D eigenvalue weighted by molar-refractivity contribution is -0.134. The molecule has 0 saturated carbocycles. The number of carbonyl (C=O) groups excluding carboxylic acids is 1. The molecular weight excluding hydrogens is 308 g/mol. The van der Waals surface area contributed by atoms with E-state index in [9.17, 15) is 4.79 Å². The van der Waals surface area contributed by atoms with Crippen molar-refractivity contribution in [3.8, 4) is 0 Å². The topological polar surface area (TPSA) is 64.2 Å². The minimum absolute atomic E-state index is 0.0179. The van der Waals surface area contributed by atoms with E-state index in [1.165, 1.54) is 4.90 Å². The van der Waals surface area contributed by atoms with Crippen molar-refractivity contribution < 1.29 is 4.79 Å². The summed E-state index contributed by atoms with van der Waals surface area (Å²) in [5.74, 6) is 0.535. The highest BCUT2D eigenvalue weighted by Gasteiger charge is 2.19. The van der Waals surface area contributed by atoms with Crippen LogP contribution in [0.15, 0.2) is 35.2 Å². The van der Waals surface area contributed by atoms with E-state index >= 15 is 0 Å². The normalized spacial score (nSPS) is 11.0. The first-order valence-corrected chi connectivity index (χ1v) is 8.85. The molecule has 0 fully saturated rings. The second kappa shape index (κ2) is 7.55. The van der Waals surface area contributed by atoms with Crippen molar-refractivity contribution in [2.45, 2.75) is 44.8 Å². The molecule has 5 nitrogen and oxygen atoms in total. The number of nitrogens with two attached hydrogens (primary N) is 1. The average molecular weight is 332 g/mol. The van der Waals surface area contributed by atoms with Crippen molar-refractivity contribution in [2.24, 2.45) is 0 Å². The van der Waals surface area contributed by atoms with Gasteiger partial charge >= 0.3 is 0 Å². The van der Waals surface area contributed by atoms with Gasteiger partial charge in [0.25, 0.3) is 0 Å². The Hall–Kier alpha value is -1.95. The molecule has 2 rings (SSSR count). The largest absolute Gasteiger partial charge is 0.384 e. The highest BCUT2D eigenvalue weighted by atomic mass is 32.2. The Bertz CT molecular complexity index is 681. The van der Waals surface area contributed by atoms with Crippen LogP contribution in [0.4, 0.5) is 5.82 Å². The quantitative estimate of drug-likeness (QED) is 0.826. The molecule has 2 N–H and O–H groups in total. The number of nitrogens with zero attached hydrogens (tertiary/aromatic N) is 3. The number of rotatable bonds is 6. The van der Waals surface area contributed by atoms with Crippen LogP contribution < -0.4 is 5.73 Å². The Labute approximate surface area is 141 Å². The van der Waals surface area contributed by atoms with Gasteiger partial charge < -0.3 is 10.6 Å². The first-order chi connectivity index (χ1) is 10.9. The monoisotopic (exact) mass is 332 g/mol. The van der Waals surface area contributed by atoms with E-state index in [0.717, 1.165) is 11.3 Å². The van der Waals surface area contributed by atoms with Gasteiger partial charge in [-0.25, -0.2) is 4.68 Å². The summed E-state index contributed by atoms with van der Waals surface area (Å²) in [6.45, 7) is 6.67. The van der Waals surface area contributed by atoms with E-state index in [-0.39, 0.29) is 18.5 Å². The molecule has 1 heterocycles. The number of hydrogen-bond donors (Lipinski definition) is 1. The summed E-state index contributed by atoms with van der Waals surface area (Å²) in [5.41, 5.74) is 7.83. The predicted molar refractivity (Wildman–Crippen MR) is 95.3 cm³/mol. The summed E-state index contributed by atoms with van der Waals surface area (Å²) in [6, 6.07) is 10.2. The second-order valence-electron chi connectivity index (χ2n) is 5.84. The Morgan fingerprint density at radius 2 is 2.13 bits per heavy atom. The van der Waals surface area contributed by atoms with Gasteiger partial charge in [-0.05, 0) is 44.7 Å². The number of amides is 1. The van der Waals surface area contributed by atoms with E-state index in [1.54, 1.807) is 22.5 Å². The van der Waals surface area contributed by atoms with Gasteiger partial charge in [-0.15, -0.1) is 11.8 Å². The number of nitrogen functional groups attached to an aromatic ring is 1. The van der Waals surface area contributed by atoms with Crippen LogP contribution in [0.5, 0.6) is 0 Å². The molecule has 1 aromatic carbocycles. The van der Waals surface area contributed by atoms with Gasteiger partial charge in [-0.3, -0.25) is 4.79 Å². The Morgan fingerprint density at radius 1 is 1.39 bits per heavy atom. The summed E-state index contributed by atoms with van der Waals surface area (Å²) in [4.78, 5) is 15.7. The fraction of sp³-hybridized carbons (Fsp3) is 0.412. The summed E-state index contributed by atoms with van der Waals surface area (Å²) in [6.07, 6.45) is 2.05. The number of thioether (sulfide) groups is 1. The lowest BCUT2D eigenvalue weighted by Crippen LogP contribution is -2.38. The molecule has 0 radical (unpaired) electrons. The van der Waals surface area contributed by atoms with Gasteiger partial charge in [0.15, 0.2) is 0 Å². The van der Waals surface area contributed by atoms with Gasteiger partial charge in [-0.2, -0.15) is 5.10 Å². The zero-order valence-electron chi connectivity index (χ0n) is 14.1. The van der Waals surface area contributed by atoms with Gasteiger partial charge in [0.2, 0.25) is 5.91 Å². The fourth-order valence-electron chi connectivity index (χ4n) is 2.44. The molecule has 1 aromatic heterocycles. The summed E-state index contributed by atoms with van der Waals surface area (Å²) >= 11 is 1.70. The molecule has 0 aliphatic heterocycles. The standard InChI is InChI=1S/C17H24N4OS/c1-12(2)20(10-14-6-5-7-15(9-14)23-4)17(22)11-21-16(18)8-13(3)19-21/h5-9,12H,10-11,18H2,1-4H3. The van der Waals surface area contributed by atoms with Crippen LogP contribution in [-0.4, -0.2) is 32.9 Å². The number of carbonyl (C=O) groups is 1. The third kappa shape index (κ3) is 4.51. The van der Waals surface area contributed by atoms with Crippen LogP contribution in [0.2, 0.25) is 0 Å². The number of benzene rings is 1. The molecular formula is C17H24N4OS. The maximum atomic E-state index is 12.7. The molecule has 0 atom stereocenters. The molecule has 124 valence electrons. The SMILES string of the molecule is CSc1cccc(CN(C(=O)Cn2nc(C)cc2N)C(C)C)c1. The van der Waals surface area contributed by atoms with Gasteiger partial charge in [0.05, 0.1) is 5.69 Å². The van der Waals surface area contributed by atoms with Crippen molar-refractivity contribution in [1.82, 2.24) is 14.7 Å². The Balaban J connectivity index is 2.14. The molecule has 2 aromatic rings. The molecule has 0 saturated heterocycles. The van der Waals surface area contributed by atoms with E-state index in [2.05, 4.69) is 23.3 Å². The molecule has 0 spiro atoms. The third-order valence-electron chi connectivity index (χ3n) is 3.65. The highest BCUT2D eigenvalue weighted by molar-refractivity contribution is 7.98. The molecule has 1 amide bonds. The summed E-state index contributed by atoms with van der Waals surface area (Å²) < 4.78 is 1.56. The van der Waals surface area contributed by atoms with Crippen molar-refractivity contribution >= 4 is 23.5 Å². The predicted octanol–water partition coefficient (Wildman–Crippen LogP) is 2.93.